The van der Waals surface area contributed by atoms with Crippen LogP contribution in [0, 0.1) is 12.3 Å². The standard InChI is InChI=1S/C20H24N2O4/c1-6-11-22-13-14(15-9-7-8-10-17(15)22)12-16(18(23)25-5)21-19(24)26-20(2,3)4/h1,7-10,13,16H,11-12H2,2-5H3,(H,21,24)/t16-/m0/s1. The molecule has 1 aromatic carbocycles. The van der Waals surface area contributed by atoms with Crippen molar-refractivity contribution in [2.45, 2.75) is 45.4 Å². The molecular formula is C20H24N2O4. The van der Waals surface area contributed by atoms with Crippen LogP contribution in [0.3, 0.4) is 0 Å². The first-order valence-electron chi connectivity index (χ1n) is 8.32. The number of hydrogen-bond donors (Lipinski definition) is 1. The zero-order chi connectivity index (χ0) is 19.3. The van der Waals surface area contributed by atoms with Gasteiger partial charge in [0.2, 0.25) is 0 Å². The van der Waals surface area contributed by atoms with Gasteiger partial charge in [-0.25, -0.2) is 9.59 Å². The van der Waals surface area contributed by atoms with Gasteiger partial charge in [-0.3, -0.25) is 0 Å². The highest BCUT2D eigenvalue weighted by molar-refractivity contribution is 5.86. The number of ether oxygens (including phenoxy) is 2. The summed E-state index contributed by atoms with van der Waals surface area (Å²) in [4.78, 5) is 24.2. The van der Waals surface area contributed by atoms with Crippen molar-refractivity contribution in [3.63, 3.8) is 0 Å². The van der Waals surface area contributed by atoms with Crippen LogP contribution in [0.4, 0.5) is 4.79 Å². The molecule has 0 aliphatic rings. The molecule has 1 heterocycles. The molecule has 0 radical (unpaired) electrons. The highest BCUT2D eigenvalue weighted by Crippen LogP contribution is 2.23. The number of amides is 1. The molecule has 2 rings (SSSR count). The minimum absolute atomic E-state index is 0.268. The molecule has 0 spiro atoms. The van der Waals surface area contributed by atoms with E-state index in [1.165, 1.54) is 7.11 Å². The molecule has 1 aromatic heterocycles. The number of esters is 1. The Bertz CT molecular complexity index is 840. The average molecular weight is 356 g/mol. The third-order valence-electron chi connectivity index (χ3n) is 3.73. The number of hydrogen-bond acceptors (Lipinski definition) is 4. The Morgan fingerprint density at radius 2 is 2.00 bits per heavy atom. The van der Waals surface area contributed by atoms with Gasteiger partial charge in [0.25, 0.3) is 0 Å². The number of nitrogens with zero attached hydrogens (tertiary/aromatic N) is 1. The van der Waals surface area contributed by atoms with E-state index in [4.69, 9.17) is 15.9 Å². The van der Waals surface area contributed by atoms with Crippen LogP contribution in [0.5, 0.6) is 0 Å². The van der Waals surface area contributed by atoms with Crippen molar-refractivity contribution < 1.29 is 19.1 Å². The topological polar surface area (TPSA) is 69.6 Å². The number of fused-ring (bicyclic) bond motifs is 1. The first kappa shape index (κ1) is 19.4. The number of rotatable bonds is 5. The number of para-hydroxylation sites is 1. The zero-order valence-corrected chi connectivity index (χ0v) is 15.5. The maximum Gasteiger partial charge on any atom is 0.408 e. The van der Waals surface area contributed by atoms with Gasteiger partial charge in [0.05, 0.1) is 13.7 Å². The van der Waals surface area contributed by atoms with Crippen LogP contribution in [0.25, 0.3) is 10.9 Å². The van der Waals surface area contributed by atoms with Gasteiger partial charge in [-0.2, -0.15) is 0 Å². The summed E-state index contributed by atoms with van der Waals surface area (Å²) in [6.45, 7) is 5.69. The smallest absolute Gasteiger partial charge is 0.408 e. The minimum Gasteiger partial charge on any atom is -0.467 e. The molecule has 0 fully saturated rings. The second-order valence-electron chi connectivity index (χ2n) is 6.93. The summed E-state index contributed by atoms with van der Waals surface area (Å²) < 4.78 is 12.0. The molecule has 6 nitrogen and oxygen atoms in total. The molecule has 0 saturated heterocycles. The minimum atomic E-state index is -0.861. The molecule has 0 saturated carbocycles. The van der Waals surface area contributed by atoms with E-state index in [1.807, 2.05) is 35.0 Å². The maximum absolute atomic E-state index is 12.2. The molecule has 6 heteroatoms. The van der Waals surface area contributed by atoms with Gasteiger partial charge in [-0.05, 0) is 32.4 Å². The monoisotopic (exact) mass is 356 g/mol. The van der Waals surface area contributed by atoms with E-state index < -0.39 is 23.7 Å². The Morgan fingerprint density at radius 1 is 1.31 bits per heavy atom. The fourth-order valence-electron chi connectivity index (χ4n) is 2.72. The third-order valence-corrected chi connectivity index (χ3v) is 3.73. The van der Waals surface area contributed by atoms with Gasteiger partial charge >= 0.3 is 12.1 Å². The SMILES string of the molecule is C#CCn1cc(C[C@H](NC(=O)OC(C)(C)C)C(=O)OC)c2ccccc21. The van der Waals surface area contributed by atoms with Crippen molar-refractivity contribution >= 4 is 23.0 Å². The summed E-state index contributed by atoms with van der Waals surface area (Å²) in [6.07, 6.45) is 6.94. The van der Waals surface area contributed by atoms with E-state index in [9.17, 15) is 9.59 Å². The molecule has 26 heavy (non-hydrogen) atoms. The highest BCUT2D eigenvalue weighted by atomic mass is 16.6. The summed E-state index contributed by atoms with van der Waals surface area (Å²) in [6, 6.07) is 6.90. The summed E-state index contributed by atoms with van der Waals surface area (Å²) in [5.41, 5.74) is 1.21. The Hall–Kier alpha value is -2.94. The Balaban J connectivity index is 2.29. The Kier molecular flexibility index (Phi) is 5.93. The molecule has 0 unspecified atom stereocenters. The van der Waals surface area contributed by atoms with Crippen LogP contribution in [0.2, 0.25) is 0 Å². The van der Waals surface area contributed by atoms with Crippen LogP contribution in [0.1, 0.15) is 26.3 Å². The number of alkyl carbamates (subject to hydrolysis) is 1. The van der Waals surface area contributed by atoms with Gasteiger partial charge in [0.1, 0.15) is 11.6 Å². The van der Waals surface area contributed by atoms with E-state index in [2.05, 4.69) is 11.2 Å². The fourth-order valence-corrected chi connectivity index (χ4v) is 2.72. The largest absolute Gasteiger partial charge is 0.467 e. The van der Waals surface area contributed by atoms with Crippen molar-refractivity contribution in [2.75, 3.05) is 7.11 Å². The van der Waals surface area contributed by atoms with Crippen molar-refractivity contribution in [1.82, 2.24) is 9.88 Å². The van der Waals surface area contributed by atoms with Crippen LogP contribution in [0.15, 0.2) is 30.5 Å². The van der Waals surface area contributed by atoms with Gasteiger partial charge in [0.15, 0.2) is 0 Å². The van der Waals surface area contributed by atoms with Crippen molar-refractivity contribution in [2.24, 2.45) is 0 Å². The van der Waals surface area contributed by atoms with Crippen LogP contribution >= 0.6 is 0 Å². The first-order chi connectivity index (χ1) is 12.2. The molecule has 0 aliphatic heterocycles. The predicted octanol–water partition coefficient (Wildman–Crippen LogP) is 2.88. The lowest BCUT2D eigenvalue weighted by atomic mass is 10.1. The number of carbonyl (C=O) groups is 2. The normalized spacial score (nSPS) is 12.3. The van der Waals surface area contributed by atoms with Gasteiger partial charge in [-0.15, -0.1) is 6.42 Å². The number of benzene rings is 1. The average Bonchev–Trinajstić information content (AvgIpc) is 2.90. The van der Waals surface area contributed by atoms with Crippen LogP contribution in [-0.2, 0) is 27.2 Å². The lowest BCUT2D eigenvalue weighted by molar-refractivity contribution is -0.143. The second-order valence-corrected chi connectivity index (χ2v) is 6.93. The van der Waals surface area contributed by atoms with E-state index in [-0.39, 0.29) is 6.42 Å². The van der Waals surface area contributed by atoms with Gasteiger partial charge < -0.3 is 19.4 Å². The zero-order valence-electron chi connectivity index (χ0n) is 15.5. The third kappa shape index (κ3) is 4.79. The van der Waals surface area contributed by atoms with Crippen LogP contribution < -0.4 is 5.32 Å². The Morgan fingerprint density at radius 3 is 2.62 bits per heavy atom. The van der Waals surface area contributed by atoms with Crippen molar-refractivity contribution in [3.8, 4) is 12.3 Å². The molecule has 2 aromatic rings. The van der Waals surface area contributed by atoms with Crippen molar-refractivity contribution in [3.05, 3.63) is 36.0 Å². The number of aromatic nitrogens is 1. The van der Waals surface area contributed by atoms with E-state index in [0.29, 0.717) is 6.54 Å². The molecule has 0 aliphatic carbocycles. The molecular weight excluding hydrogens is 332 g/mol. The van der Waals surface area contributed by atoms with Crippen molar-refractivity contribution in [1.29, 1.82) is 0 Å². The number of nitrogens with one attached hydrogen (secondary N) is 1. The van der Waals surface area contributed by atoms with Gasteiger partial charge in [-0.1, -0.05) is 24.1 Å². The van der Waals surface area contributed by atoms with E-state index >= 15 is 0 Å². The Labute approximate surface area is 153 Å². The summed E-state index contributed by atoms with van der Waals surface area (Å²) >= 11 is 0. The number of carbonyl (C=O) groups excluding carboxylic acids is 2. The molecule has 0 bridgehead atoms. The summed E-state index contributed by atoms with van der Waals surface area (Å²) in [5, 5.41) is 3.57. The predicted molar refractivity (Wildman–Crippen MR) is 99.6 cm³/mol. The van der Waals surface area contributed by atoms with Crippen LogP contribution in [-0.4, -0.2) is 35.4 Å². The first-order valence-corrected chi connectivity index (χ1v) is 8.32. The second kappa shape index (κ2) is 7.96. The van der Waals surface area contributed by atoms with E-state index in [1.54, 1.807) is 20.8 Å². The lowest BCUT2D eigenvalue weighted by Crippen LogP contribution is -2.45. The summed E-state index contributed by atoms with van der Waals surface area (Å²) in [7, 11) is 1.29. The van der Waals surface area contributed by atoms with E-state index in [0.717, 1.165) is 16.5 Å². The van der Waals surface area contributed by atoms with Gasteiger partial charge in [0, 0.05) is 23.5 Å². The molecule has 1 atom stereocenters. The quantitative estimate of drug-likeness (QED) is 0.661. The highest BCUT2D eigenvalue weighted by Gasteiger charge is 2.26. The number of methoxy groups -OCH3 is 1. The molecule has 138 valence electrons. The lowest BCUT2D eigenvalue weighted by Gasteiger charge is -2.22. The fraction of sp³-hybridized carbons (Fsp3) is 0.400. The number of terminal acetylenes is 1. The molecule has 1 amide bonds. The maximum atomic E-state index is 12.2. The molecule has 1 N–H and O–H groups in total. The summed E-state index contributed by atoms with van der Waals surface area (Å²) in [5.74, 6) is 2.08.